The Morgan fingerprint density at radius 1 is 1.48 bits per heavy atom. The highest BCUT2D eigenvalue weighted by Crippen LogP contribution is 2.21. The van der Waals surface area contributed by atoms with Gasteiger partial charge in [0.2, 0.25) is 0 Å². The largest absolute Gasteiger partial charge is 0.480 e. The molecular formula is C15H22N4O2. The van der Waals surface area contributed by atoms with E-state index in [1.807, 2.05) is 13.0 Å². The van der Waals surface area contributed by atoms with Gasteiger partial charge in [0.1, 0.15) is 11.6 Å². The van der Waals surface area contributed by atoms with Crippen molar-refractivity contribution in [3.8, 4) is 0 Å². The molecule has 0 aliphatic rings. The van der Waals surface area contributed by atoms with Gasteiger partial charge in [-0.3, -0.25) is 0 Å². The predicted molar refractivity (Wildman–Crippen MR) is 81.6 cm³/mol. The summed E-state index contributed by atoms with van der Waals surface area (Å²) in [7, 11) is 0. The van der Waals surface area contributed by atoms with Gasteiger partial charge in [0.05, 0.1) is 5.69 Å². The van der Waals surface area contributed by atoms with Crippen molar-refractivity contribution in [2.75, 3.05) is 5.32 Å². The van der Waals surface area contributed by atoms with Crippen LogP contribution in [0.5, 0.6) is 0 Å². The van der Waals surface area contributed by atoms with Crippen LogP contribution >= 0.6 is 0 Å². The van der Waals surface area contributed by atoms with Crippen molar-refractivity contribution in [2.24, 2.45) is 0 Å². The lowest BCUT2D eigenvalue weighted by Gasteiger charge is -2.15. The number of carbonyl (C=O) groups is 1. The fourth-order valence-electron chi connectivity index (χ4n) is 2.17. The molecule has 0 amide bonds. The van der Waals surface area contributed by atoms with Crippen molar-refractivity contribution >= 4 is 17.3 Å². The standard InChI is InChI=1S/C15H22N4O2/c1-4-5-6-11(15(20)21)17-14-13-9-12(10(2)3)18-19(13)8-7-16-14/h7-11H,4-6H2,1-3H3,(H,16,17)(H,20,21). The number of nitrogens with one attached hydrogen (secondary N) is 1. The number of rotatable bonds is 7. The van der Waals surface area contributed by atoms with Gasteiger partial charge < -0.3 is 10.4 Å². The molecule has 0 saturated carbocycles. The average Bonchev–Trinajstić information content (AvgIpc) is 2.88. The molecule has 21 heavy (non-hydrogen) atoms. The van der Waals surface area contributed by atoms with E-state index >= 15 is 0 Å². The summed E-state index contributed by atoms with van der Waals surface area (Å²) in [6, 6.07) is 1.33. The van der Waals surface area contributed by atoms with E-state index in [1.54, 1.807) is 16.9 Å². The van der Waals surface area contributed by atoms with Crippen LogP contribution in [0.4, 0.5) is 5.82 Å². The van der Waals surface area contributed by atoms with E-state index in [9.17, 15) is 9.90 Å². The molecule has 2 aromatic rings. The molecule has 0 bridgehead atoms. The second-order valence-electron chi connectivity index (χ2n) is 5.51. The Morgan fingerprint density at radius 3 is 2.86 bits per heavy atom. The molecule has 2 rings (SSSR count). The van der Waals surface area contributed by atoms with Crippen molar-refractivity contribution in [1.82, 2.24) is 14.6 Å². The van der Waals surface area contributed by atoms with Gasteiger partial charge in [0.25, 0.3) is 0 Å². The summed E-state index contributed by atoms with van der Waals surface area (Å²) in [6.45, 7) is 6.19. The Bertz CT molecular complexity index is 621. The molecule has 6 heteroatoms. The quantitative estimate of drug-likeness (QED) is 0.819. The molecule has 0 aliphatic heterocycles. The van der Waals surface area contributed by atoms with Crippen molar-refractivity contribution in [3.05, 3.63) is 24.2 Å². The van der Waals surface area contributed by atoms with E-state index < -0.39 is 12.0 Å². The van der Waals surface area contributed by atoms with Gasteiger partial charge in [-0.15, -0.1) is 0 Å². The molecular weight excluding hydrogens is 268 g/mol. The molecule has 0 saturated heterocycles. The van der Waals surface area contributed by atoms with Crippen LogP contribution in [-0.2, 0) is 4.79 Å². The maximum Gasteiger partial charge on any atom is 0.326 e. The van der Waals surface area contributed by atoms with E-state index in [0.29, 0.717) is 18.2 Å². The van der Waals surface area contributed by atoms with Crippen molar-refractivity contribution < 1.29 is 9.90 Å². The van der Waals surface area contributed by atoms with Gasteiger partial charge >= 0.3 is 5.97 Å². The monoisotopic (exact) mass is 290 g/mol. The molecule has 6 nitrogen and oxygen atoms in total. The van der Waals surface area contributed by atoms with Crippen LogP contribution in [0.15, 0.2) is 18.5 Å². The SMILES string of the molecule is CCCCC(Nc1nccn2nc(C(C)C)cc12)C(=O)O. The normalized spacial score (nSPS) is 12.8. The first-order valence-electron chi connectivity index (χ1n) is 7.36. The Kier molecular flexibility index (Phi) is 4.77. The Balaban J connectivity index is 2.30. The van der Waals surface area contributed by atoms with Crippen LogP contribution in [0.3, 0.4) is 0 Å². The Morgan fingerprint density at radius 2 is 2.24 bits per heavy atom. The van der Waals surface area contributed by atoms with E-state index in [2.05, 4.69) is 29.2 Å². The van der Waals surface area contributed by atoms with Gasteiger partial charge in [0, 0.05) is 12.4 Å². The molecule has 0 radical (unpaired) electrons. The molecule has 0 aliphatic carbocycles. The lowest BCUT2D eigenvalue weighted by atomic mass is 10.1. The summed E-state index contributed by atoms with van der Waals surface area (Å²) in [4.78, 5) is 15.6. The number of aromatic nitrogens is 3. The van der Waals surface area contributed by atoms with Gasteiger partial charge in [-0.25, -0.2) is 14.3 Å². The maximum atomic E-state index is 11.3. The molecule has 1 atom stereocenters. The summed E-state index contributed by atoms with van der Waals surface area (Å²) >= 11 is 0. The fourth-order valence-corrected chi connectivity index (χ4v) is 2.17. The van der Waals surface area contributed by atoms with Gasteiger partial charge in [-0.2, -0.15) is 5.10 Å². The Hall–Kier alpha value is -2.11. The summed E-state index contributed by atoms with van der Waals surface area (Å²) in [5.74, 6) is 0.0318. The van der Waals surface area contributed by atoms with Crippen molar-refractivity contribution in [2.45, 2.75) is 52.0 Å². The average molecular weight is 290 g/mol. The number of unbranched alkanes of at least 4 members (excludes halogenated alkanes) is 1. The van der Waals surface area contributed by atoms with Crippen LogP contribution in [0, 0.1) is 0 Å². The summed E-state index contributed by atoms with van der Waals surface area (Å²) in [5, 5.41) is 16.8. The van der Waals surface area contributed by atoms with Crippen molar-refractivity contribution in [1.29, 1.82) is 0 Å². The summed E-state index contributed by atoms with van der Waals surface area (Å²) < 4.78 is 1.74. The van der Waals surface area contributed by atoms with E-state index in [0.717, 1.165) is 24.1 Å². The number of hydrogen-bond acceptors (Lipinski definition) is 4. The highest BCUT2D eigenvalue weighted by atomic mass is 16.4. The zero-order chi connectivity index (χ0) is 15.4. The third kappa shape index (κ3) is 3.51. The Labute approximate surface area is 124 Å². The number of nitrogens with zero attached hydrogens (tertiary/aromatic N) is 3. The summed E-state index contributed by atoms with van der Waals surface area (Å²) in [6.07, 6.45) is 5.82. The lowest BCUT2D eigenvalue weighted by molar-refractivity contribution is -0.138. The number of fused-ring (bicyclic) bond motifs is 1. The first kappa shape index (κ1) is 15.3. The highest BCUT2D eigenvalue weighted by molar-refractivity contribution is 5.79. The van der Waals surface area contributed by atoms with E-state index in [4.69, 9.17) is 0 Å². The van der Waals surface area contributed by atoms with E-state index in [-0.39, 0.29) is 0 Å². The minimum Gasteiger partial charge on any atom is -0.480 e. The molecule has 2 aromatic heterocycles. The van der Waals surface area contributed by atoms with Crippen LogP contribution < -0.4 is 5.32 Å². The van der Waals surface area contributed by atoms with Gasteiger partial charge in [-0.05, 0) is 18.4 Å². The lowest BCUT2D eigenvalue weighted by Crippen LogP contribution is -2.29. The van der Waals surface area contributed by atoms with Crippen LogP contribution in [-0.4, -0.2) is 31.7 Å². The minimum absolute atomic E-state index is 0.313. The molecule has 0 aromatic carbocycles. The van der Waals surface area contributed by atoms with Crippen LogP contribution in [0.25, 0.3) is 5.52 Å². The number of anilines is 1. The fraction of sp³-hybridized carbons (Fsp3) is 0.533. The molecule has 114 valence electrons. The predicted octanol–water partition coefficient (Wildman–Crippen LogP) is 2.91. The summed E-state index contributed by atoms with van der Waals surface area (Å²) in [5.41, 5.74) is 1.77. The smallest absolute Gasteiger partial charge is 0.326 e. The zero-order valence-corrected chi connectivity index (χ0v) is 12.7. The molecule has 2 N–H and O–H groups in total. The van der Waals surface area contributed by atoms with Crippen LogP contribution in [0.1, 0.15) is 51.6 Å². The molecule has 2 heterocycles. The zero-order valence-electron chi connectivity index (χ0n) is 12.7. The second-order valence-corrected chi connectivity index (χ2v) is 5.51. The van der Waals surface area contributed by atoms with Crippen molar-refractivity contribution in [3.63, 3.8) is 0 Å². The van der Waals surface area contributed by atoms with Crippen LogP contribution in [0.2, 0.25) is 0 Å². The third-order valence-corrected chi connectivity index (χ3v) is 3.46. The second kappa shape index (κ2) is 6.56. The number of carboxylic acid groups (broad SMARTS) is 1. The molecule has 0 spiro atoms. The number of hydrogen-bond donors (Lipinski definition) is 2. The third-order valence-electron chi connectivity index (χ3n) is 3.46. The molecule has 0 fully saturated rings. The number of carboxylic acids is 1. The highest BCUT2D eigenvalue weighted by Gasteiger charge is 2.19. The molecule has 1 unspecified atom stereocenters. The first-order valence-corrected chi connectivity index (χ1v) is 7.36. The van der Waals surface area contributed by atoms with Gasteiger partial charge in [-0.1, -0.05) is 33.6 Å². The maximum absolute atomic E-state index is 11.3. The first-order chi connectivity index (χ1) is 10.0. The number of aliphatic carboxylic acids is 1. The topological polar surface area (TPSA) is 79.5 Å². The van der Waals surface area contributed by atoms with Gasteiger partial charge in [0.15, 0.2) is 5.82 Å². The van der Waals surface area contributed by atoms with E-state index in [1.165, 1.54) is 0 Å². The minimum atomic E-state index is -0.851.